The van der Waals surface area contributed by atoms with Crippen LogP contribution in [0, 0.1) is 0 Å². The molecule has 0 aliphatic heterocycles. The predicted molar refractivity (Wildman–Crippen MR) is 74.8 cm³/mol. The molecule has 0 saturated heterocycles. The van der Waals surface area contributed by atoms with Crippen LogP contribution in [0.1, 0.15) is 18.1 Å². The van der Waals surface area contributed by atoms with Gasteiger partial charge in [0.15, 0.2) is 5.60 Å². The van der Waals surface area contributed by atoms with Gasteiger partial charge in [0.05, 0.1) is 6.54 Å². The summed E-state index contributed by atoms with van der Waals surface area (Å²) in [7, 11) is 0. The second-order valence-electron chi connectivity index (χ2n) is 4.79. The summed E-state index contributed by atoms with van der Waals surface area (Å²) in [5.41, 5.74) is -0.533. The lowest BCUT2D eigenvalue weighted by atomic mass is 9.95. The summed E-state index contributed by atoms with van der Waals surface area (Å²) in [5, 5.41) is 20.8. The molecule has 0 heterocycles. The lowest BCUT2D eigenvalue weighted by Gasteiger charge is -2.27. The number of aliphatic hydroxyl groups is 1. The molecule has 0 saturated carbocycles. The molecule has 2 N–H and O–H groups in total. The monoisotopic (exact) mass is 271 g/mol. The molecule has 4 heteroatoms. The molecule has 104 valence electrons. The van der Waals surface area contributed by atoms with E-state index in [1.165, 1.54) is 6.92 Å². The molecule has 0 aromatic heterocycles. The first kappa shape index (κ1) is 14.2. The molecule has 20 heavy (non-hydrogen) atoms. The first-order chi connectivity index (χ1) is 9.51. The van der Waals surface area contributed by atoms with E-state index >= 15 is 0 Å². The Morgan fingerprint density at radius 1 is 1.05 bits per heavy atom. The molecule has 1 amide bonds. The maximum Gasteiger partial charge on any atom is 0.282 e. The Kier molecular flexibility index (Phi) is 4.17. The molecular formula is C16H17NO3. The van der Waals surface area contributed by atoms with Crippen LogP contribution < -0.4 is 0 Å². The number of carbonyl (C=O) groups excluding carboxylic acids is 1. The Bertz CT molecular complexity index is 567. The van der Waals surface area contributed by atoms with Crippen LogP contribution in [0.3, 0.4) is 0 Å². The molecule has 2 aromatic rings. The van der Waals surface area contributed by atoms with Gasteiger partial charge in [-0.3, -0.25) is 10.0 Å². The summed E-state index contributed by atoms with van der Waals surface area (Å²) < 4.78 is 0. The number of benzene rings is 2. The fourth-order valence-electron chi connectivity index (χ4n) is 1.97. The van der Waals surface area contributed by atoms with E-state index < -0.39 is 11.5 Å². The quantitative estimate of drug-likeness (QED) is 0.662. The smallest absolute Gasteiger partial charge is 0.282 e. The zero-order chi connectivity index (χ0) is 14.6. The average Bonchev–Trinajstić information content (AvgIpc) is 2.48. The highest BCUT2D eigenvalue weighted by Crippen LogP contribution is 2.23. The number of hydrogen-bond acceptors (Lipinski definition) is 3. The van der Waals surface area contributed by atoms with Crippen LogP contribution in [0.15, 0.2) is 60.7 Å². The second-order valence-corrected chi connectivity index (χ2v) is 4.79. The Labute approximate surface area is 117 Å². The Hall–Kier alpha value is -2.17. The summed E-state index contributed by atoms with van der Waals surface area (Å²) in [4.78, 5) is 12.2. The predicted octanol–water partition coefficient (Wildman–Crippen LogP) is 2.31. The van der Waals surface area contributed by atoms with Gasteiger partial charge < -0.3 is 5.11 Å². The normalized spacial score (nSPS) is 13.6. The zero-order valence-corrected chi connectivity index (χ0v) is 11.2. The van der Waals surface area contributed by atoms with E-state index in [9.17, 15) is 15.1 Å². The van der Waals surface area contributed by atoms with Crippen molar-refractivity contribution in [3.8, 4) is 0 Å². The largest absolute Gasteiger partial charge is 0.375 e. The van der Waals surface area contributed by atoms with Gasteiger partial charge >= 0.3 is 0 Å². The highest BCUT2D eigenvalue weighted by Gasteiger charge is 2.35. The van der Waals surface area contributed by atoms with Crippen molar-refractivity contribution >= 4 is 5.91 Å². The average molecular weight is 271 g/mol. The summed E-state index contributed by atoms with van der Waals surface area (Å²) >= 11 is 0. The zero-order valence-electron chi connectivity index (χ0n) is 11.2. The minimum atomic E-state index is -1.76. The number of nitrogens with zero attached hydrogens (tertiary/aromatic N) is 1. The minimum absolute atomic E-state index is 0.0304. The summed E-state index contributed by atoms with van der Waals surface area (Å²) in [6.45, 7) is 1.40. The standard InChI is InChI=1S/C16H17NO3/c1-16(19,14-10-6-3-7-11-14)15(18)17(20)12-13-8-4-2-5-9-13/h2-11,19-20H,12H2,1H3. The van der Waals surface area contributed by atoms with Gasteiger partial charge in [-0.05, 0) is 18.1 Å². The Balaban J connectivity index is 2.14. The van der Waals surface area contributed by atoms with E-state index in [2.05, 4.69) is 0 Å². The van der Waals surface area contributed by atoms with Crippen LogP contribution >= 0.6 is 0 Å². The highest BCUT2D eigenvalue weighted by molar-refractivity contribution is 5.84. The van der Waals surface area contributed by atoms with Crippen molar-refractivity contribution in [1.82, 2.24) is 5.06 Å². The molecule has 1 unspecified atom stereocenters. The molecule has 0 spiro atoms. The highest BCUT2D eigenvalue weighted by atomic mass is 16.5. The number of hydroxylamine groups is 2. The molecule has 0 radical (unpaired) electrons. The van der Waals surface area contributed by atoms with Crippen molar-refractivity contribution in [3.63, 3.8) is 0 Å². The maximum absolute atomic E-state index is 12.2. The minimum Gasteiger partial charge on any atom is -0.375 e. The van der Waals surface area contributed by atoms with Crippen LogP contribution in [-0.4, -0.2) is 21.3 Å². The van der Waals surface area contributed by atoms with Crippen molar-refractivity contribution in [1.29, 1.82) is 0 Å². The van der Waals surface area contributed by atoms with Gasteiger partial charge in [0.2, 0.25) is 0 Å². The van der Waals surface area contributed by atoms with Crippen LogP contribution in [0.2, 0.25) is 0 Å². The van der Waals surface area contributed by atoms with Crippen LogP contribution in [0.5, 0.6) is 0 Å². The third-order valence-corrected chi connectivity index (χ3v) is 3.16. The van der Waals surface area contributed by atoms with Gasteiger partial charge in [0, 0.05) is 0 Å². The molecule has 2 aromatic carbocycles. The summed E-state index contributed by atoms with van der Waals surface area (Å²) in [5.74, 6) is -0.757. The number of amides is 1. The van der Waals surface area contributed by atoms with Crippen LogP contribution in [0.4, 0.5) is 0 Å². The topological polar surface area (TPSA) is 60.8 Å². The third-order valence-electron chi connectivity index (χ3n) is 3.16. The molecule has 4 nitrogen and oxygen atoms in total. The van der Waals surface area contributed by atoms with Gasteiger partial charge in [-0.2, -0.15) is 0 Å². The van der Waals surface area contributed by atoms with Crippen LogP contribution in [-0.2, 0) is 16.9 Å². The third kappa shape index (κ3) is 3.04. The van der Waals surface area contributed by atoms with E-state index in [1.807, 2.05) is 18.2 Å². The van der Waals surface area contributed by atoms with Crippen molar-refractivity contribution < 1.29 is 15.1 Å². The Morgan fingerprint density at radius 3 is 2.10 bits per heavy atom. The van der Waals surface area contributed by atoms with E-state index in [1.54, 1.807) is 42.5 Å². The van der Waals surface area contributed by atoms with Crippen molar-refractivity contribution in [3.05, 3.63) is 71.8 Å². The lowest BCUT2D eigenvalue weighted by molar-refractivity contribution is -0.188. The van der Waals surface area contributed by atoms with E-state index in [0.717, 1.165) is 5.56 Å². The molecule has 0 aliphatic carbocycles. The second kappa shape index (κ2) is 5.86. The van der Waals surface area contributed by atoms with Gasteiger partial charge in [-0.15, -0.1) is 0 Å². The first-order valence-electron chi connectivity index (χ1n) is 6.34. The summed E-state index contributed by atoms with van der Waals surface area (Å²) in [6.07, 6.45) is 0. The van der Waals surface area contributed by atoms with Gasteiger partial charge in [-0.1, -0.05) is 60.7 Å². The lowest BCUT2D eigenvalue weighted by Crippen LogP contribution is -2.43. The van der Waals surface area contributed by atoms with E-state index in [0.29, 0.717) is 10.6 Å². The van der Waals surface area contributed by atoms with Crippen molar-refractivity contribution in [2.75, 3.05) is 0 Å². The molecule has 0 aliphatic rings. The molecule has 1 atom stereocenters. The SMILES string of the molecule is CC(O)(C(=O)N(O)Cc1ccccc1)c1ccccc1. The maximum atomic E-state index is 12.2. The van der Waals surface area contributed by atoms with Gasteiger partial charge in [-0.25, -0.2) is 5.06 Å². The number of carbonyl (C=O) groups is 1. The molecule has 0 bridgehead atoms. The molecule has 0 fully saturated rings. The van der Waals surface area contributed by atoms with Gasteiger partial charge in [0.1, 0.15) is 0 Å². The van der Waals surface area contributed by atoms with Gasteiger partial charge in [0.25, 0.3) is 5.91 Å². The number of hydrogen-bond donors (Lipinski definition) is 2. The Morgan fingerprint density at radius 2 is 1.55 bits per heavy atom. The molecular weight excluding hydrogens is 254 g/mol. The van der Waals surface area contributed by atoms with E-state index in [-0.39, 0.29) is 6.54 Å². The fraction of sp³-hybridized carbons (Fsp3) is 0.188. The summed E-state index contributed by atoms with van der Waals surface area (Å²) in [6, 6.07) is 17.7. The van der Waals surface area contributed by atoms with Crippen molar-refractivity contribution in [2.45, 2.75) is 19.1 Å². The fourth-order valence-corrected chi connectivity index (χ4v) is 1.97. The number of rotatable bonds is 4. The van der Waals surface area contributed by atoms with Crippen LogP contribution in [0.25, 0.3) is 0 Å². The molecule has 2 rings (SSSR count). The van der Waals surface area contributed by atoms with Crippen molar-refractivity contribution in [2.24, 2.45) is 0 Å². The van der Waals surface area contributed by atoms with E-state index in [4.69, 9.17) is 0 Å². The first-order valence-corrected chi connectivity index (χ1v) is 6.34.